The quantitative estimate of drug-likeness (QED) is 0.514. The van der Waals surface area contributed by atoms with E-state index < -0.39 is 0 Å². The lowest BCUT2D eigenvalue weighted by Crippen LogP contribution is -2.51. The van der Waals surface area contributed by atoms with Crippen LogP contribution in [-0.2, 0) is 9.47 Å². The van der Waals surface area contributed by atoms with Gasteiger partial charge in [0.2, 0.25) is 0 Å². The summed E-state index contributed by atoms with van der Waals surface area (Å²) in [6, 6.07) is 0. The van der Waals surface area contributed by atoms with E-state index in [0.717, 1.165) is 52.5 Å². The van der Waals surface area contributed by atoms with Gasteiger partial charge in [0.25, 0.3) is 0 Å². The average molecular weight is 247 g/mol. The highest BCUT2D eigenvalue weighted by Gasteiger charge is 2.10. The van der Waals surface area contributed by atoms with E-state index in [9.17, 15) is 0 Å². The van der Waals surface area contributed by atoms with Crippen LogP contribution in [0.3, 0.4) is 0 Å². The number of morpholine rings is 1. The molecule has 16 heavy (non-hydrogen) atoms. The van der Waals surface area contributed by atoms with E-state index >= 15 is 0 Å². The lowest BCUT2D eigenvalue weighted by Gasteiger charge is -2.28. The minimum absolute atomic E-state index is 0.679. The molecule has 0 radical (unpaired) electrons. The molecule has 5 nitrogen and oxygen atoms in total. The Morgan fingerprint density at radius 1 is 1.44 bits per heavy atom. The number of hydrogen-bond donors (Lipinski definition) is 2. The molecule has 2 N–H and O–H groups in total. The van der Waals surface area contributed by atoms with Gasteiger partial charge in [-0.15, -0.1) is 0 Å². The zero-order valence-electron chi connectivity index (χ0n) is 9.83. The maximum absolute atomic E-state index is 5.24. The SMILES string of the molecule is CCOCCCNC(=S)NN1CCOCC1. The molecular formula is C10H21N3O2S. The first-order valence-corrected chi connectivity index (χ1v) is 6.18. The fraction of sp³-hybridized carbons (Fsp3) is 0.900. The lowest BCUT2D eigenvalue weighted by atomic mass is 10.4. The van der Waals surface area contributed by atoms with Gasteiger partial charge in [-0.3, -0.25) is 5.43 Å². The number of thiocarbonyl (C=S) groups is 1. The largest absolute Gasteiger partial charge is 0.382 e. The van der Waals surface area contributed by atoms with Gasteiger partial charge in [0.15, 0.2) is 5.11 Å². The van der Waals surface area contributed by atoms with Gasteiger partial charge in [0.1, 0.15) is 0 Å². The highest BCUT2D eigenvalue weighted by Crippen LogP contribution is 1.92. The second kappa shape index (κ2) is 8.69. The normalized spacial score (nSPS) is 17.1. The van der Waals surface area contributed by atoms with E-state index in [1.165, 1.54) is 0 Å². The van der Waals surface area contributed by atoms with Crippen molar-refractivity contribution >= 4 is 17.3 Å². The first-order chi connectivity index (χ1) is 7.83. The Balaban J connectivity index is 1.97. The van der Waals surface area contributed by atoms with Crippen LogP contribution in [0, 0.1) is 0 Å². The van der Waals surface area contributed by atoms with E-state index in [-0.39, 0.29) is 0 Å². The number of hydrogen-bond acceptors (Lipinski definition) is 4. The third-order valence-corrected chi connectivity index (χ3v) is 2.46. The molecule has 1 fully saturated rings. The maximum Gasteiger partial charge on any atom is 0.181 e. The van der Waals surface area contributed by atoms with Gasteiger partial charge in [-0.05, 0) is 25.6 Å². The second-order valence-corrected chi connectivity index (χ2v) is 3.93. The molecule has 0 unspecified atom stereocenters. The fourth-order valence-electron chi connectivity index (χ4n) is 1.38. The minimum Gasteiger partial charge on any atom is -0.382 e. The topological polar surface area (TPSA) is 45.8 Å². The molecular weight excluding hydrogens is 226 g/mol. The Hall–Kier alpha value is -0.430. The molecule has 6 heteroatoms. The van der Waals surface area contributed by atoms with Gasteiger partial charge in [0, 0.05) is 32.8 Å². The van der Waals surface area contributed by atoms with E-state index in [0.29, 0.717) is 5.11 Å². The maximum atomic E-state index is 5.24. The number of rotatable bonds is 6. The summed E-state index contributed by atoms with van der Waals surface area (Å²) in [5.41, 5.74) is 3.14. The summed E-state index contributed by atoms with van der Waals surface area (Å²) >= 11 is 5.17. The van der Waals surface area contributed by atoms with Gasteiger partial charge < -0.3 is 14.8 Å². The van der Waals surface area contributed by atoms with Crippen molar-refractivity contribution in [2.75, 3.05) is 46.1 Å². The molecule has 1 heterocycles. The molecule has 0 spiro atoms. The first-order valence-electron chi connectivity index (χ1n) is 5.78. The summed E-state index contributed by atoms with van der Waals surface area (Å²) in [5.74, 6) is 0. The summed E-state index contributed by atoms with van der Waals surface area (Å²) in [6.45, 7) is 7.68. The zero-order chi connectivity index (χ0) is 11.6. The summed E-state index contributed by atoms with van der Waals surface area (Å²) in [5, 5.41) is 5.90. The summed E-state index contributed by atoms with van der Waals surface area (Å²) in [6.07, 6.45) is 0.971. The van der Waals surface area contributed by atoms with Crippen LogP contribution in [0.2, 0.25) is 0 Å². The standard InChI is InChI=1S/C10H21N3O2S/c1-2-14-7-3-4-11-10(16)12-13-5-8-15-9-6-13/h2-9H2,1H3,(H2,11,12,16). The van der Waals surface area contributed by atoms with E-state index in [4.69, 9.17) is 21.7 Å². The van der Waals surface area contributed by atoms with Crippen LogP contribution in [0.4, 0.5) is 0 Å². The van der Waals surface area contributed by atoms with Crippen LogP contribution in [-0.4, -0.2) is 56.2 Å². The molecule has 0 aliphatic carbocycles. The third kappa shape index (κ3) is 6.22. The molecule has 0 aromatic rings. The van der Waals surface area contributed by atoms with E-state index in [1.54, 1.807) is 0 Å². The average Bonchev–Trinajstić information content (AvgIpc) is 2.30. The Kier molecular flexibility index (Phi) is 7.41. The Labute approximate surface area is 102 Å². The van der Waals surface area contributed by atoms with Crippen molar-refractivity contribution in [3.63, 3.8) is 0 Å². The van der Waals surface area contributed by atoms with Crippen LogP contribution in [0.25, 0.3) is 0 Å². The number of nitrogens with zero attached hydrogens (tertiary/aromatic N) is 1. The molecule has 0 aromatic carbocycles. The summed E-state index contributed by atoms with van der Waals surface area (Å²) in [7, 11) is 0. The van der Waals surface area contributed by atoms with Gasteiger partial charge in [0.05, 0.1) is 13.2 Å². The molecule has 94 valence electrons. The number of hydrazine groups is 1. The minimum atomic E-state index is 0.679. The van der Waals surface area contributed by atoms with E-state index in [2.05, 4.69) is 15.8 Å². The lowest BCUT2D eigenvalue weighted by molar-refractivity contribution is 0.0247. The number of nitrogens with one attached hydrogen (secondary N) is 2. The van der Waals surface area contributed by atoms with Crippen molar-refractivity contribution < 1.29 is 9.47 Å². The molecule has 0 aromatic heterocycles. The van der Waals surface area contributed by atoms with Crippen molar-refractivity contribution in [3.8, 4) is 0 Å². The third-order valence-electron chi connectivity index (χ3n) is 2.23. The van der Waals surface area contributed by atoms with Crippen molar-refractivity contribution in [3.05, 3.63) is 0 Å². The number of ether oxygens (including phenoxy) is 2. The highest BCUT2D eigenvalue weighted by molar-refractivity contribution is 7.80. The molecule has 1 saturated heterocycles. The Morgan fingerprint density at radius 2 is 2.19 bits per heavy atom. The molecule has 0 amide bonds. The van der Waals surface area contributed by atoms with Gasteiger partial charge in [-0.1, -0.05) is 0 Å². The predicted molar refractivity (Wildman–Crippen MR) is 67.2 cm³/mol. The van der Waals surface area contributed by atoms with Crippen LogP contribution in [0.5, 0.6) is 0 Å². The molecule has 1 aliphatic heterocycles. The second-order valence-electron chi connectivity index (χ2n) is 3.52. The first kappa shape index (κ1) is 13.6. The van der Waals surface area contributed by atoms with Gasteiger partial charge in [-0.25, -0.2) is 5.01 Å². The molecule has 0 atom stereocenters. The fourth-order valence-corrected chi connectivity index (χ4v) is 1.61. The molecule has 0 saturated carbocycles. The van der Waals surface area contributed by atoms with Crippen molar-refractivity contribution in [1.29, 1.82) is 0 Å². The van der Waals surface area contributed by atoms with Crippen molar-refractivity contribution in [1.82, 2.24) is 15.8 Å². The summed E-state index contributed by atoms with van der Waals surface area (Å²) in [4.78, 5) is 0. The van der Waals surface area contributed by atoms with E-state index in [1.807, 2.05) is 6.92 Å². The van der Waals surface area contributed by atoms with Crippen molar-refractivity contribution in [2.45, 2.75) is 13.3 Å². The van der Waals surface area contributed by atoms with Crippen molar-refractivity contribution in [2.24, 2.45) is 0 Å². The predicted octanol–water partition coefficient (Wildman–Crippen LogP) is 0.124. The van der Waals surface area contributed by atoms with Gasteiger partial charge >= 0.3 is 0 Å². The Morgan fingerprint density at radius 3 is 2.88 bits per heavy atom. The van der Waals surface area contributed by atoms with Crippen LogP contribution in [0.15, 0.2) is 0 Å². The highest BCUT2D eigenvalue weighted by atomic mass is 32.1. The zero-order valence-corrected chi connectivity index (χ0v) is 10.6. The molecule has 1 aliphatic rings. The van der Waals surface area contributed by atoms with Crippen LogP contribution < -0.4 is 10.7 Å². The molecule has 0 bridgehead atoms. The Bertz CT molecular complexity index is 199. The molecule has 1 rings (SSSR count). The monoisotopic (exact) mass is 247 g/mol. The van der Waals surface area contributed by atoms with Crippen LogP contribution in [0.1, 0.15) is 13.3 Å². The van der Waals surface area contributed by atoms with Gasteiger partial charge in [-0.2, -0.15) is 0 Å². The smallest absolute Gasteiger partial charge is 0.181 e. The summed E-state index contributed by atoms with van der Waals surface area (Å²) < 4.78 is 10.5. The van der Waals surface area contributed by atoms with Crippen LogP contribution >= 0.6 is 12.2 Å².